The Morgan fingerprint density at radius 3 is 2.62 bits per heavy atom. The molecule has 5 rings (SSSR count). The number of benzene rings is 2. The SMILES string of the molecule is N#Cc1ccc(N2CCN(C(=O)c3cccc(Cc4cccc5c(=O)[nH]cnc45)c3)CC2)nc1. The molecule has 8 heteroatoms. The maximum Gasteiger partial charge on any atom is 0.258 e. The molecular weight excluding hydrogens is 428 g/mol. The summed E-state index contributed by atoms with van der Waals surface area (Å²) in [5.41, 5.74) is 3.62. The zero-order valence-electron chi connectivity index (χ0n) is 18.4. The third-order valence-electron chi connectivity index (χ3n) is 6.09. The van der Waals surface area contributed by atoms with Gasteiger partial charge in [-0.2, -0.15) is 5.26 Å². The zero-order chi connectivity index (χ0) is 23.5. The number of nitrogens with zero attached hydrogens (tertiary/aromatic N) is 5. The molecule has 0 bridgehead atoms. The van der Waals surface area contributed by atoms with Crippen LogP contribution in [0.3, 0.4) is 0 Å². The zero-order valence-corrected chi connectivity index (χ0v) is 18.4. The molecule has 3 heterocycles. The summed E-state index contributed by atoms with van der Waals surface area (Å²) in [6.45, 7) is 2.56. The predicted octanol–water partition coefficient (Wildman–Crippen LogP) is 2.74. The maximum atomic E-state index is 13.2. The molecule has 0 atom stereocenters. The highest BCUT2D eigenvalue weighted by Gasteiger charge is 2.23. The van der Waals surface area contributed by atoms with Gasteiger partial charge in [0.15, 0.2) is 0 Å². The average molecular weight is 451 g/mol. The predicted molar refractivity (Wildman–Crippen MR) is 129 cm³/mol. The van der Waals surface area contributed by atoms with Crippen LogP contribution in [0.1, 0.15) is 27.0 Å². The summed E-state index contributed by atoms with van der Waals surface area (Å²) in [4.78, 5) is 40.6. The minimum atomic E-state index is -0.161. The van der Waals surface area contributed by atoms with E-state index in [-0.39, 0.29) is 11.5 Å². The van der Waals surface area contributed by atoms with Gasteiger partial charge >= 0.3 is 0 Å². The largest absolute Gasteiger partial charge is 0.353 e. The number of para-hydroxylation sites is 1. The normalized spacial score (nSPS) is 13.6. The van der Waals surface area contributed by atoms with Gasteiger partial charge in [0.1, 0.15) is 11.9 Å². The number of carbonyl (C=O) groups excluding carboxylic acids is 1. The number of nitrogens with one attached hydrogen (secondary N) is 1. The van der Waals surface area contributed by atoms with Crippen LogP contribution in [-0.2, 0) is 6.42 Å². The number of piperazine rings is 1. The first kappa shape index (κ1) is 21.3. The molecule has 1 aliphatic heterocycles. The Morgan fingerprint density at radius 2 is 1.85 bits per heavy atom. The Hall–Kier alpha value is -4.51. The van der Waals surface area contributed by atoms with Crippen molar-refractivity contribution in [2.24, 2.45) is 0 Å². The monoisotopic (exact) mass is 450 g/mol. The van der Waals surface area contributed by atoms with Crippen LogP contribution in [-0.4, -0.2) is 51.9 Å². The number of rotatable bonds is 4. The molecule has 1 fully saturated rings. The van der Waals surface area contributed by atoms with E-state index in [2.05, 4.69) is 25.9 Å². The van der Waals surface area contributed by atoms with E-state index in [1.54, 1.807) is 18.3 Å². The first-order chi connectivity index (χ1) is 16.6. The fourth-order valence-electron chi connectivity index (χ4n) is 4.30. The summed E-state index contributed by atoms with van der Waals surface area (Å²) in [6, 6.07) is 18.9. The number of fused-ring (bicyclic) bond motifs is 1. The molecule has 0 unspecified atom stereocenters. The van der Waals surface area contributed by atoms with Crippen LogP contribution in [0.2, 0.25) is 0 Å². The van der Waals surface area contributed by atoms with E-state index in [9.17, 15) is 9.59 Å². The lowest BCUT2D eigenvalue weighted by Crippen LogP contribution is -2.49. The van der Waals surface area contributed by atoms with Gasteiger partial charge in [0, 0.05) is 37.9 Å². The van der Waals surface area contributed by atoms with Gasteiger partial charge in [0.2, 0.25) is 0 Å². The Labute approximate surface area is 196 Å². The topological polar surface area (TPSA) is 106 Å². The molecule has 0 aliphatic carbocycles. The molecule has 34 heavy (non-hydrogen) atoms. The van der Waals surface area contributed by atoms with Crippen molar-refractivity contribution >= 4 is 22.6 Å². The molecule has 0 spiro atoms. The van der Waals surface area contributed by atoms with Gasteiger partial charge < -0.3 is 14.8 Å². The van der Waals surface area contributed by atoms with Crippen molar-refractivity contribution in [2.45, 2.75) is 6.42 Å². The lowest BCUT2D eigenvalue weighted by molar-refractivity contribution is 0.0746. The van der Waals surface area contributed by atoms with Crippen molar-refractivity contribution in [3.05, 3.63) is 99.7 Å². The molecule has 168 valence electrons. The molecule has 8 nitrogen and oxygen atoms in total. The van der Waals surface area contributed by atoms with Crippen LogP contribution in [0.4, 0.5) is 5.82 Å². The Balaban J connectivity index is 1.28. The van der Waals surface area contributed by atoms with Crippen molar-refractivity contribution in [3.8, 4) is 6.07 Å². The van der Waals surface area contributed by atoms with Crippen LogP contribution in [0.5, 0.6) is 0 Å². The minimum Gasteiger partial charge on any atom is -0.353 e. The van der Waals surface area contributed by atoms with Gasteiger partial charge in [-0.25, -0.2) is 9.97 Å². The van der Waals surface area contributed by atoms with Crippen molar-refractivity contribution in [3.63, 3.8) is 0 Å². The molecule has 1 aliphatic rings. The van der Waals surface area contributed by atoms with Crippen molar-refractivity contribution in [1.82, 2.24) is 19.9 Å². The van der Waals surface area contributed by atoms with E-state index < -0.39 is 0 Å². The number of carbonyl (C=O) groups is 1. The van der Waals surface area contributed by atoms with E-state index in [0.717, 1.165) is 16.9 Å². The first-order valence-corrected chi connectivity index (χ1v) is 11.1. The van der Waals surface area contributed by atoms with Crippen LogP contribution in [0, 0.1) is 11.3 Å². The van der Waals surface area contributed by atoms with Gasteiger partial charge in [0.25, 0.3) is 11.5 Å². The van der Waals surface area contributed by atoms with E-state index in [1.165, 1.54) is 6.33 Å². The number of H-pyrrole nitrogens is 1. The smallest absolute Gasteiger partial charge is 0.258 e. The summed E-state index contributed by atoms with van der Waals surface area (Å²) >= 11 is 0. The molecule has 0 radical (unpaired) electrons. The van der Waals surface area contributed by atoms with E-state index in [4.69, 9.17) is 5.26 Å². The Morgan fingerprint density at radius 1 is 1.03 bits per heavy atom. The van der Waals surface area contributed by atoms with Gasteiger partial charge in [-0.3, -0.25) is 9.59 Å². The molecule has 4 aromatic rings. The second kappa shape index (κ2) is 9.16. The van der Waals surface area contributed by atoms with Crippen LogP contribution in [0.15, 0.2) is 71.9 Å². The minimum absolute atomic E-state index is 0.00165. The van der Waals surface area contributed by atoms with Gasteiger partial charge in [-0.1, -0.05) is 24.3 Å². The van der Waals surface area contributed by atoms with Crippen molar-refractivity contribution < 1.29 is 4.79 Å². The highest BCUT2D eigenvalue weighted by Crippen LogP contribution is 2.20. The number of hydrogen-bond acceptors (Lipinski definition) is 6. The number of pyridine rings is 1. The van der Waals surface area contributed by atoms with Gasteiger partial charge in [0.05, 0.1) is 22.8 Å². The lowest BCUT2D eigenvalue weighted by atomic mass is 10.0. The Bertz CT molecular complexity index is 1450. The third kappa shape index (κ3) is 4.24. The number of aromatic nitrogens is 3. The average Bonchev–Trinajstić information content (AvgIpc) is 2.89. The second-order valence-electron chi connectivity index (χ2n) is 8.22. The van der Waals surface area contributed by atoms with Crippen LogP contribution < -0.4 is 10.5 Å². The number of amides is 1. The lowest BCUT2D eigenvalue weighted by Gasteiger charge is -2.35. The number of nitriles is 1. The summed E-state index contributed by atoms with van der Waals surface area (Å²) in [5.74, 6) is 0.817. The van der Waals surface area contributed by atoms with E-state index in [1.807, 2.05) is 47.4 Å². The quantitative estimate of drug-likeness (QED) is 0.513. The third-order valence-corrected chi connectivity index (χ3v) is 6.09. The first-order valence-electron chi connectivity index (χ1n) is 11.1. The standard InChI is InChI=1S/C26H22N6O2/c27-15-19-7-8-23(28-16-19)31-9-11-32(12-10-31)26(34)21-5-1-3-18(14-21)13-20-4-2-6-22-24(20)29-17-30-25(22)33/h1-8,14,16-17H,9-13H2,(H,29,30,33). The molecule has 1 N–H and O–H groups in total. The summed E-state index contributed by atoms with van der Waals surface area (Å²) in [7, 11) is 0. The van der Waals surface area contributed by atoms with E-state index in [0.29, 0.717) is 54.6 Å². The number of hydrogen-bond donors (Lipinski definition) is 1. The van der Waals surface area contributed by atoms with Crippen molar-refractivity contribution in [2.75, 3.05) is 31.1 Å². The number of aromatic amines is 1. The molecule has 1 amide bonds. The fourth-order valence-corrected chi connectivity index (χ4v) is 4.30. The Kier molecular flexibility index (Phi) is 5.75. The molecule has 2 aromatic heterocycles. The summed E-state index contributed by atoms with van der Waals surface area (Å²) < 4.78 is 0. The summed E-state index contributed by atoms with van der Waals surface area (Å²) in [6.07, 6.45) is 3.56. The van der Waals surface area contributed by atoms with Crippen LogP contribution >= 0.6 is 0 Å². The fraction of sp³-hybridized carbons (Fsp3) is 0.192. The molecule has 1 saturated heterocycles. The highest BCUT2D eigenvalue weighted by molar-refractivity contribution is 5.94. The van der Waals surface area contributed by atoms with Gasteiger partial charge in [-0.05, 0) is 47.9 Å². The molecule has 2 aromatic carbocycles. The van der Waals surface area contributed by atoms with Gasteiger partial charge in [-0.15, -0.1) is 0 Å². The number of anilines is 1. The summed E-state index contributed by atoms with van der Waals surface area (Å²) in [5, 5.41) is 9.50. The maximum absolute atomic E-state index is 13.2. The van der Waals surface area contributed by atoms with E-state index >= 15 is 0 Å². The molecule has 0 saturated carbocycles. The molecular formula is C26H22N6O2. The van der Waals surface area contributed by atoms with Crippen LogP contribution in [0.25, 0.3) is 10.9 Å². The highest BCUT2D eigenvalue weighted by atomic mass is 16.2. The second-order valence-corrected chi connectivity index (χ2v) is 8.22. The van der Waals surface area contributed by atoms with Crippen molar-refractivity contribution in [1.29, 1.82) is 5.26 Å².